The molecule has 0 aliphatic heterocycles. The average molecular weight is 1130 g/mol. The molecule has 0 radical (unpaired) electrons. The molecule has 0 saturated heterocycles. The van der Waals surface area contributed by atoms with Crippen molar-refractivity contribution in [3.8, 4) is 34.0 Å². The first-order valence-corrected chi connectivity index (χ1v) is 27.2. The molecule has 0 atom stereocenters. The van der Waals surface area contributed by atoms with E-state index in [1.165, 1.54) is 41.7 Å². The summed E-state index contributed by atoms with van der Waals surface area (Å²) >= 11 is 2.43. The van der Waals surface area contributed by atoms with E-state index in [4.69, 9.17) is 34.6 Å². The quantitative estimate of drug-likeness (QED) is 0.0575. The lowest BCUT2D eigenvalue weighted by Crippen LogP contribution is -2.34. The summed E-state index contributed by atoms with van der Waals surface area (Å²) in [7, 11) is 0. The molecule has 412 valence electrons. The fourth-order valence-electron chi connectivity index (χ4n) is 10.2. The van der Waals surface area contributed by atoms with Crippen LogP contribution in [0.2, 0.25) is 0 Å². The maximum Gasteiger partial charge on any atom is 0.387 e. The van der Waals surface area contributed by atoms with E-state index in [1.807, 2.05) is 0 Å². The molecule has 4 aromatic heterocycles. The van der Waals surface area contributed by atoms with Gasteiger partial charge in [-0.1, -0.05) is 34.6 Å². The highest BCUT2D eigenvalue weighted by atomic mass is 32.1. The molecule has 23 heteroatoms. The van der Waals surface area contributed by atoms with Gasteiger partial charge in [0, 0.05) is 44.9 Å². The number of ether oxygens (including phenoxy) is 4. The predicted octanol–water partition coefficient (Wildman–Crippen LogP) is 14.1. The van der Waals surface area contributed by atoms with Crippen molar-refractivity contribution in [3.05, 3.63) is 134 Å². The van der Waals surface area contributed by atoms with E-state index >= 15 is 0 Å². The minimum absolute atomic E-state index is 0.00307. The van der Waals surface area contributed by atoms with Crippen LogP contribution in [0.5, 0.6) is 11.5 Å². The van der Waals surface area contributed by atoms with Crippen LogP contribution in [-0.4, -0.2) is 67.0 Å². The van der Waals surface area contributed by atoms with E-state index in [0.717, 1.165) is 48.6 Å². The molecule has 0 amide bonds. The molecule has 79 heavy (non-hydrogen) atoms. The molecule has 4 aliphatic rings. The number of alkyl halides is 4. The first-order valence-electron chi connectivity index (χ1n) is 25.6. The van der Waals surface area contributed by atoms with E-state index in [1.54, 1.807) is 36.4 Å². The van der Waals surface area contributed by atoms with Gasteiger partial charge in [0.05, 0.1) is 53.3 Å². The van der Waals surface area contributed by atoms with Crippen LogP contribution in [0.15, 0.2) is 81.8 Å². The zero-order valence-corrected chi connectivity index (χ0v) is 43.4. The van der Waals surface area contributed by atoms with Crippen LogP contribution in [0.25, 0.3) is 47.8 Å². The largest absolute Gasteiger partial charge is 0.478 e. The number of carboxylic acid groups (broad SMARTS) is 1. The summed E-state index contributed by atoms with van der Waals surface area (Å²) in [6.45, 7) is 1.52. The Kier molecular flexibility index (Phi) is 15.3. The first kappa shape index (κ1) is 54.0. The Morgan fingerprint density at radius 1 is 0.658 bits per heavy atom. The third-order valence-electron chi connectivity index (χ3n) is 14.8. The molecule has 4 heterocycles. The molecule has 0 unspecified atom stereocenters. The second kappa shape index (κ2) is 22.3. The van der Waals surface area contributed by atoms with Gasteiger partial charge in [-0.3, -0.25) is 0 Å². The Bertz CT molecular complexity index is 3570. The Balaban J connectivity index is 0.000000167. The van der Waals surface area contributed by atoms with Crippen LogP contribution in [-0.2, 0) is 33.9 Å². The van der Waals surface area contributed by atoms with Gasteiger partial charge in [0.25, 0.3) is 0 Å². The lowest BCUT2D eigenvalue weighted by molar-refractivity contribution is -0.0641. The van der Waals surface area contributed by atoms with Gasteiger partial charge in [0.1, 0.15) is 67.3 Å². The third kappa shape index (κ3) is 11.6. The van der Waals surface area contributed by atoms with Crippen molar-refractivity contribution >= 4 is 54.8 Å². The molecule has 8 aromatic rings. The number of halogens is 6. The van der Waals surface area contributed by atoms with Crippen LogP contribution in [0, 0.1) is 18.2 Å². The van der Waals surface area contributed by atoms with Gasteiger partial charge in [-0.05, 0) is 120 Å². The topological polar surface area (TPSA) is 197 Å². The van der Waals surface area contributed by atoms with Gasteiger partial charge in [0.15, 0.2) is 0 Å². The van der Waals surface area contributed by atoms with Gasteiger partial charge in [-0.2, -0.15) is 17.6 Å². The Hall–Kier alpha value is -6.94. The summed E-state index contributed by atoms with van der Waals surface area (Å²) in [5, 5.41) is 41.3. The maximum absolute atomic E-state index is 14.1. The molecule has 0 bridgehead atoms. The molecule has 4 aliphatic carbocycles. The number of nitrogens with zero attached hydrogens (tertiary/aromatic N) is 5. The third-order valence-corrected chi connectivity index (χ3v) is 17.2. The SMILES string of the molecule is O=C(O)c1cc2sc(C3(O)CCC(OCc4c(-c5ccccc5OC(F)F)noc4C4CC4)CC3)nc2cc1F.[C-]#[N+]c1cc2sc(C3(O)CCC(OCc4c(-c5ccccc5OC(F)F)noc4C4CC4)CC3)nc2cc1F. The zero-order valence-electron chi connectivity index (χ0n) is 41.8. The molecular formula is C56H49F6N5O10S2. The molecule has 4 saturated carbocycles. The Morgan fingerprint density at radius 2 is 1.09 bits per heavy atom. The number of aromatic nitrogens is 4. The molecule has 4 aromatic carbocycles. The van der Waals surface area contributed by atoms with Crippen molar-refractivity contribution < 1.29 is 74.5 Å². The number of hydrogen-bond acceptors (Lipinski definition) is 15. The van der Waals surface area contributed by atoms with E-state index in [0.29, 0.717) is 121 Å². The molecule has 4 fully saturated rings. The zero-order chi connectivity index (χ0) is 55.2. The van der Waals surface area contributed by atoms with Gasteiger partial charge in [-0.25, -0.2) is 28.4 Å². The van der Waals surface area contributed by atoms with Gasteiger partial charge in [0.2, 0.25) is 5.69 Å². The lowest BCUT2D eigenvalue weighted by atomic mass is 9.83. The van der Waals surface area contributed by atoms with Crippen molar-refractivity contribution in [1.29, 1.82) is 0 Å². The summed E-state index contributed by atoms with van der Waals surface area (Å²) < 4.78 is 115. The van der Waals surface area contributed by atoms with Crippen molar-refractivity contribution in [1.82, 2.24) is 20.3 Å². The number of carbonyl (C=O) groups is 1. The number of para-hydroxylation sites is 2. The number of carboxylic acids is 1. The maximum atomic E-state index is 14.1. The first-order chi connectivity index (χ1) is 38.1. The van der Waals surface area contributed by atoms with Crippen LogP contribution in [0.3, 0.4) is 0 Å². The fourth-order valence-corrected chi connectivity index (χ4v) is 12.5. The molecule has 15 nitrogen and oxygen atoms in total. The number of aliphatic hydroxyl groups is 2. The second-order valence-corrected chi connectivity index (χ2v) is 22.2. The fraction of sp³-hybridized carbons (Fsp3) is 0.393. The number of benzene rings is 4. The minimum Gasteiger partial charge on any atom is -0.478 e. The van der Waals surface area contributed by atoms with E-state index < -0.39 is 47.6 Å². The number of rotatable bonds is 17. The Morgan fingerprint density at radius 3 is 1.51 bits per heavy atom. The summed E-state index contributed by atoms with van der Waals surface area (Å²) in [6.07, 6.45) is 7.20. The van der Waals surface area contributed by atoms with Gasteiger partial charge < -0.3 is 43.3 Å². The number of fused-ring (bicyclic) bond motifs is 2. The van der Waals surface area contributed by atoms with Crippen LogP contribution < -0.4 is 9.47 Å². The highest BCUT2D eigenvalue weighted by molar-refractivity contribution is 7.19. The highest BCUT2D eigenvalue weighted by Gasteiger charge is 2.41. The van der Waals surface area contributed by atoms with E-state index in [2.05, 4.69) is 25.1 Å². The van der Waals surface area contributed by atoms with Gasteiger partial charge >= 0.3 is 19.2 Å². The molecular weight excluding hydrogens is 1080 g/mol. The van der Waals surface area contributed by atoms with Crippen molar-refractivity contribution in [2.75, 3.05) is 0 Å². The number of hydrogen-bond donors (Lipinski definition) is 3. The smallest absolute Gasteiger partial charge is 0.387 e. The van der Waals surface area contributed by atoms with E-state index in [9.17, 15) is 46.5 Å². The van der Waals surface area contributed by atoms with Crippen LogP contribution in [0.4, 0.5) is 32.0 Å². The molecule has 3 N–H and O–H groups in total. The van der Waals surface area contributed by atoms with E-state index in [-0.39, 0.29) is 54.4 Å². The van der Waals surface area contributed by atoms with Gasteiger partial charge in [-0.15, -0.1) is 22.7 Å². The van der Waals surface area contributed by atoms with Crippen LogP contribution in [0.1, 0.15) is 132 Å². The predicted molar refractivity (Wildman–Crippen MR) is 275 cm³/mol. The highest BCUT2D eigenvalue weighted by Crippen LogP contribution is 2.49. The van der Waals surface area contributed by atoms with Crippen molar-refractivity contribution in [2.45, 2.75) is 139 Å². The average Bonchev–Trinajstić information content (AvgIpc) is 4.42. The van der Waals surface area contributed by atoms with Crippen molar-refractivity contribution in [3.63, 3.8) is 0 Å². The second-order valence-electron chi connectivity index (χ2n) is 20.2. The number of thiazole rings is 2. The van der Waals surface area contributed by atoms with Crippen molar-refractivity contribution in [2.24, 2.45) is 0 Å². The summed E-state index contributed by atoms with van der Waals surface area (Å²) in [5.41, 5.74) is 0.914. The standard InChI is InChI=1S/C28H24F3N3O4S.C28H25F3N2O6S/c1-32-20-13-23-21(12-19(20)29)33-26(39-23)28(35)10-8-16(9-11-28)36-14-18-24(34-38-25(18)15-6-7-15)17-4-2-3-5-22(17)37-27(30)31;29-19-12-20-22(11-17(19)25(34)35)40-26(32-20)28(36)9-7-15(8-10-28)37-13-18-23(33-39-24(18)14-5-6-14)16-3-1-2-4-21(16)38-27(30)31/h2-5,12-13,15-16,27,35H,6-11,14H2;1-4,11-12,14-15,27,36H,5-10,13H2,(H,34,35). The minimum atomic E-state index is -2.98. The lowest BCUT2D eigenvalue weighted by Gasteiger charge is -2.34. The normalized spacial score (nSPS) is 21.3. The summed E-state index contributed by atoms with van der Waals surface area (Å²) in [4.78, 5) is 23.3. The molecule has 12 rings (SSSR count). The monoisotopic (exact) mass is 1130 g/mol. The summed E-state index contributed by atoms with van der Waals surface area (Å²) in [5.74, 6) is -0.988. The van der Waals surface area contributed by atoms with Crippen LogP contribution >= 0.6 is 22.7 Å². The molecule has 0 spiro atoms. The Labute approximate surface area is 454 Å². The number of aromatic carboxylic acids is 1. The summed E-state index contributed by atoms with van der Waals surface area (Å²) in [6, 6.07) is 17.9.